The van der Waals surface area contributed by atoms with E-state index in [4.69, 9.17) is 23.2 Å². The molecule has 140 valence electrons. The fraction of sp³-hybridized carbons (Fsp3) is 0.211. The topological polar surface area (TPSA) is 75.7 Å². The fourth-order valence-electron chi connectivity index (χ4n) is 2.87. The Hall–Kier alpha value is -2.57. The smallest absolute Gasteiger partial charge is 0.337 e. The van der Waals surface area contributed by atoms with Crippen LogP contribution in [0.4, 0.5) is 11.4 Å². The Balaban J connectivity index is 1.69. The zero-order chi connectivity index (χ0) is 19.6. The van der Waals surface area contributed by atoms with Crippen molar-refractivity contribution in [3.63, 3.8) is 0 Å². The van der Waals surface area contributed by atoms with Gasteiger partial charge in [-0.3, -0.25) is 9.59 Å². The number of carbonyl (C=O) groups is 3. The minimum Gasteiger partial charge on any atom is -0.465 e. The quantitative estimate of drug-likeness (QED) is 0.783. The Morgan fingerprint density at radius 2 is 1.85 bits per heavy atom. The van der Waals surface area contributed by atoms with E-state index in [2.05, 4.69) is 10.1 Å². The molecule has 2 amide bonds. The lowest BCUT2D eigenvalue weighted by Crippen LogP contribution is -2.28. The average Bonchev–Trinajstić information content (AvgIpc) is 3.05. The maximum atomic E-state index is 12.5. The molecule has 1 fully saturated rings. The van der Waals surface area contributed by atoms with Crippen molar-refractivity contribution in [3.05, 3.63) is 58.1 Å². The molecule has 0 unspecified atom stereocenters. The number of nitrogens with zero attached hydrogens (tertiary/aromatic N) is 1. The van der Waals surface area contributed by atoms with E-state index in [0.717, 1.165) is 0 Å². The van der Waals surface area contributed by atoms with Gasteiger partial charge in [0.15, 0.2) is 0 Å². The zero-order valence-corrected chi connectivity index (χ0v) is 15.9. The van der Waals surface area contributed by atoms with Crippen LogP contribution in [-0.4, -0.2) is 31.4 Å². The molecule has 1 heterocycles. The number of hydrogen-bond donors (Lipinski definition) is 1. The Morgan fingerprint density at radius 3 is 2.52 bits per heavy atom. The van der Waals surface area contributed by atoms with Crippen LogP contribution in [0.15, 0.2) is 42.5 Å². The van der Waals surface area contributed by atoms with Crippen molar-refractivity contribution in [3.8, 4) is 0 Å². The van der Waals surface area contributed by atoms with Crippen LogP contribution in [0.5, 0.6) is 0 Å². The van der Waals surface area contributed by atoms with E-state index >= 15 is 0 Å². The molecule has 0 aromatic heterocycles. The van der Waals surface area contributed by atoms with Crippen molar-refractivity contribution in [2.75, 3.05) is 23.9 Å². The predicted molar refractivity (Wildman–Crippen MR) is 103 cm³/mol. The number of hydrogen-bond acceptors (Lipinski definition) is 4. The van der Waals surface area contributed by atoms with Gasteiger partial charge in [0.1, 0.15) is 0 Å². The summed E-state index contributed by atoms with van der Waals surface area (Å²) in [5.74, 6) is -1.45. The third-order valence-electron chi connectivity index (χ3n) is 4.29. The molecule has 0 bridgehead atoms. The van der Waals surface area contributed by atoms with Crippen LogP contribution < -0.4 is 10.2 Å². The van der Waals surface area contributed by atoms with Crippen molar-refractivity contribution in [1.82, 2.24) is 0 Å². The van der Waals surface area contributed by atoms with Crippen LogP contribution in [-0.2, 0) is 14.3 Å². The number of benzene rings is 2. The molecular weight excluding hydrogens is 391 g/mol. The van der Waals surface area contributed by atoms with Crippen molar-refractivity contribution >= 4 is 52.4 Å². The molecule has 1 atom stereocenters. The SMILES string of the molecule is COC(=O)c1ccc(NC(=O)[C@@H]2CC(=O)N(c3cccc(Cl)c3Cl)C2)cc1. The molecule has 3 rings (SSSR count). The first-order valence-corrected chi connectivity index (χ1v) is 8.90. The number of nitrogens with one attached hydrogen (secondary N) is 1. The first-order chi connectivity index (χ1) is 12.9. The molecule has 27 heavy (non-hydrogen) atoms. The highest BCUT2D eigenvalue weighted by molar-refractivity contribution is 6.44. The predicted octanol–water partition coefficient (Wildman–Crippen LogP) is 3.77. The van der Waals surface area contributed by atoms with Gasteiger partial charge in [0, 0.05) is 18.7 Å². The molecule has 0 aliphatic carbocycles. The summed E-state index contributed by atoms with van der Waals surface area (Å²) in [6.45, 7) is 0.213. The maximum Gasteiger partial charge on any atom is 0.337 e. The monoisotopic (exact) mass is 406 g/mol. The Labute approximate surface area is 166 Å². The van der Waals surface area contributed by atoms with Crippen LogP contribution in [0.25, 0.3) is 0 Å². The van der Waals surface area contributed by atoms with E-state index < -0.39 is 11.9 Å². The van der Waals surface area contributed by atoms with Crippen LogP contribution in [0, 0.1) is 5.92 Å². The minimum atomic E-state index is -0.521. The van der Waals surface area contributed by atoms with Gasteiger partial charge in [0.05, 0.1) is 34.3 Å². The van der Waals surface area contributed by atoms with Gasteiger partial charge in [-0.25, -0.2) is 4.79 Å². The first-order valence-electron chi connectivity index (χ1n) is 8.14. The molecule has 8 heteroatoms. The number of halogens is 2. The van der Waals surface area contributed by atoms with Gasteiger partial charge < -0.3 is 15.0 Å². The van der Waals surface area contributed by atoms with Crippen LogP contribution in [0.2, 0.25) is 10.0 Å². The summed E-state index contributed by atoms with van der Waals surface area (Å²) < 4.78 is 4.63. The number of amides is 2. The van der Waals surface area contributed by atoms with E-state index in [-0.39, 0.29) is 29.8 Å². The second-order valence-electron chi connectivity index (χ2n) is 6.04. The van der Waals surface area contributed by atoms with Gasteiger partial charge in [-0.2, -0.15) is 0 Å². The molecular formula is C19H16Cl2N2O4. The van der Waals surface area contributed by atoms with E-state index in [1.54, 1.807) is 42.5 Å². The standard InChI is InChI=1S/C19H16Cl2N2O4/c1-27-19(26)11-5-7-13(8-6-11)22-18(25)12-9-16(24)23(10-12)15-4-2-3-14(20)17(15)21/h2-8,12H,9-10H2,1H3,(H,22,25)/t12-/m1/s1. The largest absolute Gasteiger partial charge is 0.465 e. The molecule has 1 N–H and O–H groups in total. The third kappa shape index (κ3) is 4.07. The summed E-state index contributed by atoms with van der Waals surface area (Å²) >= 11 is 12.2. The number of carbonyl (C=O) groups excluding carboxylic acids is 3. The number of anilines is 2. The zero-order valence-electron chi connectivity index (χ0n) is 14.4. The van der Waals surface area contributed by atoms with Crippen molar-refractivity contribution in [2.24, 2.45) is 5.92 Å². The second kappa shape index (κ2) is 7.98. The lowest BCUT2D eigenvalue weighted by Gasteiger charge is -2.18. The van der Waals surface area contributed by atoms with E-state index in [1.165, 1.54) is 12.0 Å². The highest BCUT2D eigenvalue weighted by Gasteiger charge is 2.36. The molecule has 6 nitrogen and oxygen atoms in total. The highest BCUT2D eigenvalue weighted by Crippen LogP contribution is 2.35. The normalized spacial score (nSPS) is 16.3. The van der Waals surface area contributed by atoms with Crippen LogP contribution in [0.3, 0.4) is 0 Å². The van der Waals surface area contributed by atoms with Gasteiger partial charge >= 0.3 is 5.97 Å². The van der Waals surface area contributed by atoms with Gasteiger partial charge in [-0.1, -0.05) is 29.3 Å². The Bertz CT molecular complexity index is 899. The van der Waals surface area contributed by atoms with Crippen molar-refractivity contribution in [2.45, 2.75) is 6.42 Å². The summed E-state index contributed by atoms with van der Waals surface area (Å²) in [6.07, 6.45) is 0.0783. The van der Waals surface area contributed by atoms with Gasteiger partial charge in [0.2, 0.25) is 11.8 Å². The van der Waals surface area contributed by atoms with Crippen LogP contribution in [0.1, 0.15) is 16.8 Å². The van der Waals surface area contributed by atoms with Gasteiger partial charge in [0.25, 0.3) is 0 Å². The van der Waals surface area contributed by atoms with E-state index in [9.17, 15) is 14.4 Å². The molecule has 2 aromatic rings. The van der Waals surface area contributed by atoms with E-state index in [0.29, 0.717) is 22.0 Å². The molecule has 1 aliphatic rings. The number of ether oxygens (including phenoxy) is 1. The number of methoxy groups -OCH3 is 1. The second-order valence-corrected chi connectivity index (χ2v) is 6.82. The maximum absolute atomic E-state index is 12.5. The molecule has 2 aromatic carbocycles. The van der Waals surface area contributed by atoms with Crippen molar-refractivity contribution in [1.29, 1.82) is 0 Å². The highest BCUT2D eigenvalue weighted by atomic mass is 35.5. The summed E-state index contributed by atoms with van der Waals surface area (Å²) in [4.78, 5) is 37.8. The third-order valence-corrected chi connectivity index (χ3v) is 5.10. The Morgan fingerprint density at radius 1 is 1.15 bits per heavy atom. The van der Waals surface area contributed by atoms with E-state index in [1.807, 2.05) is 0 Å². The van der Waals surface area contributed by atoms with Gasteiger partial charge in [-0.05, 0) is 36.4 Å². The minimum absolute atomic E-state index is 0.0783. The Kier molecular flexibility index (Phi) is 5.68. The number of rotatable bonds is 4. The number of esters is 1. The summed E-state index contributed by atoms with van der Waals surface area (Å²) in [7, 11) is 1.30. The molecule has 0 saturated carbocycles. The molecule has 0 radical (unpaired) electrons. The molecule has 0 spiro atoms. The summed E-state index contributed by atoms with van der Waals surface area (Å²) in [6, 6.07) is 11.3. The molecule has 1 saturated heterocycles. The molecule has 1 aliphatic heterocycles. The average molecular weight is 407 g/mol. The van der Waals surface area contributed by atoms with Crippen LogP contribution >= 0.6 is 23.2 Å². The first kappa shape index (κ1) is 19.2. The summed E-state index contributed by atoms with van der Waals surface area (Å²) in [5.41, 5.74) is 1.40. The van der Waals surface area contributed by atoms with Crippen molar-refractivity contribution < 1.29 is 19.1 Å². The van der Waals surface area contributed by atoms with Gasteiger partial charge in [-0.15, -0.1) is 0 Å². The fourth-order valence-corrected chi connectivity index (χ4v) is 3.27. The lowest BCUT2D eigenvalue weighted by molar-refractivity contribution is -0.122. The lowest BCUT2D eigenvalue weighted by atomic mass is 10.1. The summed E-state index contributed by atoms with van der Waals surface area (Å²) in [5, 5.41) is 3.39.